The summed E-state index contributed by atoms with van der Waals surface area (Å²) in [5.41, 5.74) is 5.36. The summed E-state index contributed by atoms with van der Waals surface area (Å²) in [5.74, 6) is 0. The molecule has 21 heavy (non-hydrogen) atoms. The zero-order chi connectivity index (χ0) is 16.0. The number of nitrogens with one attached hydrogen (secondary N) is 1. The Morgan fingerprint density at radius 3 is 1.86 bits per heavy atom. The van der Waals surface area contributed by atoms with E-state index >= 15 is 0 Å². The van der Waals surface area contributed by atoms with E-state index in [2.05, 4.69) is 26.1 Å². The number of hydrogen-bond acceptors (Lipinski definition) is 3. The number of rotatable bonds is 13. The number of nitrogens with two attached hydrogens (primary N) is 1. The quantitative estimate of drug-likeness (QED) is 0.453. The molecule has 0 heterocycles. The van der Waals surface area contributed by atoms with Gasteiger partial charge in [-0.1, -0.05) is 0 Å². The number of unbranched alkanes of at least 4 members (excludes halogenated alkanes) is 3. The monoisotopic (exact) mass is 408 g/mol. The Bertz CT molecular complexity index is 241. The third-order valence-corrected chi connectivity index (χ3v) is 18.9. The van der Waals surface area contributed by atoms with Gasteiger partial charge in [-0.05, 0) is 0 Å². The van der Waals surface area contributed by atoms with Crippen molar-refractivity contribution in [2.24, 2.45) is 5.73 Å². The fraction of sp³-hybridized carbons (Fsp3) is 0.938. The van der Waals surface area contributed by atoms with E-state index < -0.39 is 18.4 Å². The molecule has 0 aromatic rings. The Morgan fingerprint density at radius 2 is 1.48 bits per heavy atom. The van der Waals surface area contributed by atoms with E-state index in [1.807, 2.05) is 0 Å². The van der Waals surface area contributed by atoms with Crippen LogP contribution >= 0.6 is 0 Å². The van der Waals surface area contributed by atoms with Crippen LogP contribution in [0.4, 0.5) is 4.79 Å². The first kappa shape index (κ1) is 21.0. The Kier molecular flexibility index (Phi) is 13.7. The summed E-state index contributed by atoms with van der Waals surface area (Å²) in [6, 6.07) is 0. The molecule has 3 N–H and O–H groups in total. The zero-order valence-electron chi connectivity index (χ0n) is 14.4. The van der Waals surface area contributed by atoms with Gasteiger partial charge >= 0.3 is 135 Å². The fourth-order valence-electron chi connectivity index (χ4n) is 2.76. The molecule has 0 unspecified atom stereocenters. The second-order valence-corrected chi connectivity index (χ2v) is 19.9. The van der Waals surface area contributed by atoms with Crippen LogP contribution in [0, 0.1) is 0 Å². The molecular weight excluding hydrogens is 371 g/mol. The van der Waals surface area contributed by atoms with E-state index in [0.717, 1.165) is 4.56 Å². The number of ether oxygens (including phenoxy) is 1. The maximum atomic E-state index is 11.7. The van der Waals surface area contributed by atoms with Crippen molar-refractivity contribution in [3.63, 3.8) is 0 Å². The summed E-state index contributed by atoms with van der Waals surface area (Å²) < 4.78 is 10.2. The molecule has 0 radical (unpaired) electrons. The molecule has 0 aromatic carbocycles. The first-order chi connectivity index (χ1) is 10.1. The Labute approximate surface area is 135 Å². The Balaban J connectivity index is 4.57. The molecule has 0 fully saturated rings. The summed E-state index contributed by atoms with van der Waals surface area (Å²) in [5, 5.41) is 3.06. The second kappa shape index (κ2) is 13.7. The summed E-state index contributed by atoms with van der Waals surface area (Å²) in [4.78, 5) is 11.7. The number of amides is 1. The molecule has 0 aliphatic heterocycles. The average Bonchev–Trinajstić information content (AvgIpc) is 2.51. The minimum atomic E-state index is -2.25. The van der Waals surface area contributed by atoms with Gasteiger partial charge in [0.2, 0.25) is 0 Å². The molecule has 0 atom stereocenters. The van der Waals surface area contributed by atoms with Crippen LogP contribution in [0.15, 0.2) is 0 Å². The predicted molar refractivity (Wildman–Crippen MR) is 93.3 cm³/mol. The molecule has 0 saturated carbocycles. The standard InChI is InChI=1S/C4H9N2O2.3C4H9.Sn/c1-6-4(7)8-3-2-5;3*1-3-4-2;/h1-3,5H2,(H,6,7);3*1,3-4H2,2H3;. The number of alkyl carbamates (subject to hydrolysis) is 1. The topological polar surface area (TPSA) is 64.3 Å². The molecule has 0 aliphatic rings. The van der Waals surface area contributed by atoms with E-state index in [1.165, 1.54) is 51.8 Å². The van der Waals surface area contributed by atoms with E-state index in [1.54, 1.807) is 0 Å². The molecule has 0 saturated heterocycles. The number of carbonyl (C=O) groups excluding carboxylic acids is 1. The Morgan fingerprint density at radius 1 is 1.00 bits per heavy atom. The third-order valence-electron chi connectivity index (χ3n) is 4.14. The molecule has 0 aliphatic carbocycles. The SMILES string of the molecule is CCC[CH2][Sn]([CH2]CCC)([CH2]CCC)[CH2]NC(=O)OCCN. The van der Waals surface area contributed by atoms with E-state index in [-0.39, 0.29) is 6.09 Å². The molecular formula is C16H36N2O2Sn. The number of carbonyl (C=O) groups is 1. The van der Waals surface area contributed by atoms with Crippen LogP contribution in [0.3, 0.4) is 0 Å². The van der Waals surface area contributed by atoms with Crippen molar-refractivity contribution in [3.05, 3.63) is 0 Å². The van der Waals surface area contributed by atoms with E-state index in [0.29, 0.717) is 13.2 Å². The third kappa shape index (κ3) is 10.4. The van der Waals surface area contributed by atoms with Gasteiger partial charge in [-0.15, -0.1) is 0 Å². The zero-order valence-corrected chi connectivity index (χ0v) is 17.2. The van der Waals surface area contributed by atoms with Gasteiger partial charge < -0.3 is 0 Å². The van der Waals surface area contributed by atoms with Crippen molar-refractivity contribution in [2.75, 3.05) is 17.7 Å². The second-order valence-electron chi connectivity index (χ2n) is 6.09. The van der Waals surface area contributed by atoms with Crippen molar-refractivity contribution in [1.82, 2.24) is 5.32 Å². The van der Waals surface area contributed by atoms with Gasteiger partial charge in [-0.2, -0.15) is 0 Å². The van der Waals surface area contributed by atoms with Crippen LogP contribution in [0.2, 0.25) is 13.3 Å². The first-order valence-corrected chi connectivity index (χ1v) is 16.8. The molecule has 0 bridgehead atoms. The van der Waals surface area contributed by atoms with Crippen LogP contribution in [-0.4, -0.2) is 42.2 Å². The van der Waals surface area contributed by atoms with Gasteiger partial charge in [0.1, 0.15) is 0 Å². The molecule has 5 heteroatoms. The van der Waals surface area contributed by atoms with Crippen molar-refractivity contribution >= 4 is 24.5 Å². The van der Waals surface area contributed by atoms with Crippen LogP contribution in [0.5, 0.6) is 0 Å². The number of hydrogen-bond donors (Lipinski definition) is 2. The summed E-state index contributed by atoms with van der Waals surface area (Å²) in [6.45, 7) is 7.49. The minimum absolute atomic E-state index is 0.272. The summed E-state index contributed by atoms with van der Waals surface area (Å²) in [6.07, 6.45) is 7.47. The first-order valence-electron chi connectivity index (χ1n) is 8.74. The van der Waals surface area contributed by atoms with Crippen molar-refractivity contribution in [1.29, 1.82) is 0 Å². The van der Waals surface area contributed by atoms with Crippen LogP contribution < -0.4 is 11.1 Å². The molecule has 0 rings (SSSR count). The molecule has 126 valence electrons. The van der Waals surface area contributed by atoms with Gasteiger partial charge in [0.05, 0.1) is 0 Å². The molecule has 0 aromatic heterocycles. The van der Waals surface area contributed by atoms with E-state index in [4.69, 9.17) is 10.5 Å². The summed E-state index contributed by atoms with van der Waals surface area (Å²) in [7, 11) is 0. The van der Waals surface area contributed by atoms with Gasteiger partial charge in [-0.25, -0.2) is 0 Å². The normalized spacial score (nSPS) is 11.4. The molecule has 1 amide bonds. The fourth-order valence-corrected chi connectivity index (χ4v) is 17.3. The predicted octanol–water partition coefficient (Wildman–Crippen LogP) is 4.06. The molecule has 4 nitrogen and oxygen atoms in total. The van der Waals surface area contributed by atoms with Gasteiger partial charge in [0.25, 0.3) is 0 Å². The Hall–Kier alpha value is 0.0287. The van der Waals surface area contributed by atoms with Crippen molar-refractivity contribution in [2.45, 2.75) is 72.6 Å². The molecule has 0 spiro atoms. The van der Waals surface area contributed by atoms with Crippen LogP contribution in [-0.2, 0) is 4.74 Å². The van der Waals surface area contributed by atoms with Crippen LogP contribution in [0.25, 0.3) is 0 Å². The average molecular weight is 407 g/mol. The van der Waals surface area contributed by atoms with Crippen molar-refractivity contribution in [3.8, 4) is 0 Å². The van der Waals surface area contributed by atoms with Gasteiger partial charge in [0, 0.05) is 0 Å². The van der Waals surface area contributed by atoms with Gasteiger partial charge in [0.15, 0.2) is 0 Å². The summed E-state index contributed by atoms with van der Waals surface area (Å²) >= 11 is -2.25. The van der Waals surface area contributed by atoms with Crippen LogP contribution in [0.1, 0.15) is 59.3 Å². The van der Waals surface area contributed by atoms with E-state index in [9.17, 15) is 4.79 Å². The van der Waals surface area contributed by atoms with Gasteiger partial charge in [-0.3, -0.25) is 0 Å². The van der Waals surface area contributed by atoms with Crippen molar-refractivity contribution < 1.29 is 9.53 Å². The maximum absolute atomic E-state index is 11.7.